The highest BCUT2D eigenvalue weighted by molar-refractivity contribution is 7.99. The molecule has 36 heavy (non-hydrogen) atoms. The average Bonchev–Trinajstić information content (AvgIpc) is 2.92. The van der Waals surface area contributed by atoms with E-state index in [1.165, 1.54) is 11.1 Å². The van der Waals surface area contributed by atoms with E-state index in [-0.39, 0.29) is 17.5 Å². The number of rotatable bonds is 10. The average molecular weight is 505 g/mol. The van der Waals surface area contributed by atoms with Crippen molar-refractivity contribution in [2.24, 2.45) is 7.05 Å². The molecule has 0 saturated carbocycles. The predicted molar refractivity (Wildman–Crippen MR) is 146 cm³/mol. The Bertz CT molecular complexity index is 1140. The molecule has 7 heteroatoms. The van der Waals surface area contributed by atoms with Gasteiger partial charge in [-0.25, -0.2) is 4.98 Å². The first kappa shape index (κ1) is 26.2. The summed E-state index contributed by atoms with van der Waals surface area (Å²) in [6, 6.07) is 23.1. The Hall–Kier alpha value is -2.90. The molecule has 1 aliphatic heterocycles. The zero-order valence-corrected chi connectivity index (χ0v) is 22.1. The largest absolute Gasteiger partial charge is 0.340 e. The topological polar surface area (TPSA) is 58.4 Å². The summed E-state index contributed by atoms with van der Waals surface area (Å²) in [6.45, 7) is 5.26. The van der Waals surface area contributed by atoms with Crippen LogP contribution in [0.4, 0.5) is 0 Å². The first-order chi connectivity index (χ1) is 17.6. The molecule has 1 aliphatic rings. The number of nitrogens with zero attached hydrogens (tertiary/aromatic N) is 4. The number of benzene rings is 2. The second-order valence-electron chi connectivity index (χ2n) is 9.23. The van der Waals surface area contributed by atoms with Gasteiger partial charge in [0.25, 0.3) is 5.56 Å². The van der Waals surface area contributed by atoms with Crippen molar-refractivity contribution < 1.29 is 4.79 Å². The van der Waals surface area contributed by atoms with E-state index >= 15 is 0 Å². The third-order valence-corrected chi connectivity index (χ3v) is 7.90. The van der Waals surface area contributed by atoms with E-state index < -0.39 is 0 Å². The number of piperazine rings is 1. The normalized spacial score (nSPS) is 14.4. The van der Waals surface area contributed by atoms with Gasteiger partial charge in [0.2, 0.25) is 5.91 Å². The van der Waals surface area contributed by atoms with Crippen molar-refractivity contribution in [3.63, 3.8) is 0 Å². The molecule has 2 heterocycles. The van der Waals surface area contributed by atoms with Gasteiger partial charge in [0.05, 0.1) is 6.04 Å². The summed E-state index contributed by atoms with van der Waals surface area (Å²) in [5, 5.41) is 0.758. The van der Waals surface area contributed by atoms with Gasteiger partial charge in [-0.15, -0.1) is 0 Å². The molecule has 1 amide bonds. The summed E-state index contributed by atoms with van der Waals surface area (Å²) in [7, 11) is 1.76. The van der Waals surface area contributed by atoms with Gasteiger partial charge in [0, 0.05) is 57.2 Å². The molecule has 0 spiro atoms. The van der Waals surface area contributed by atoms with E-state index in [1.807, 2.05) is 11.8 Å². The highest BCUT2D eigenvalue weighted by Gasteiger charge is 2.27. The van der Waals surface area contributed by atoms with Crippen LogP contribution >= 0.6 is 11.8 Å². The van der Waals surface area contributed by atoms with E-state index in [0.717, 1.165) is 62.0 Å². The monoisotopic (exact) mass is 504 g/mol. The zero-order valence-electron chi connectivity index (χ0n) is 21.3. The lowest BCUT2D eigenvalue weighted by atomic mass is 9.96. The number of thioether (sulfide) groups is 1. The molecule has 1 saturated heterocycles. The van der Waals surface area contributed by atoms with E-state index in [2.05, 4.69) is 70.5 Å². The lowest BCUT2D eigenvalue weighted by Gasteiger charge is -2.40. The van der Waals surface area contributed by atoms with Crippen molar-refractivity contribution in [1.82, 2.24) is 19.4 Å². The molecular formula is C29H36N4O2S. The third kappa shape index (κ3) is 6.65. The number of hydrogen-bond acceptors (Lipinski definition) is 5. The molecule has 0 N–H and O–H groups in total. The van der Waals surface area contributed by atoms with Crippen LogP contribution in [0.15, 0.2) is 76.7 Å². The molecular weight excluding hydrogens is 468 g/mol. The van der Waals surface area contributed by atoms with Crippen molar-refractivity contribution in [3.05, 3.63) is 93.9 Å². The number of amides is 1. The highest BCUT2D eigenvalue weighted by Crippen LogP contribution is 2.29. The lowest BCUT2D eigenvalue weighted by Crippen LogP contribution is -2.49. The number of aryl methyl sites for hydroxylation is 1. The molecule has 3 aromatic rings. The van der Waals surface area contributed by atoms with Gasteiger partial charge < -0.3 is 4.90 Å². The van der Waals surface area contributed by atoms with E-state index in [0.29, 0.717) is 6.42 Å². The Kier molecular flexibility index (Phi) is 9.36. The minimum Gasteiger partial charge on any atom is -0.340 e. The van der Waals surface area contributed by atoms with Gasteiger partial charge in [-0.2, -0.15) is 0 Å². The predicted octanol–water partition coefficient (Wildman–Crippen LogP) is 4.54. The van der Waals surface area contributed by atoms with Crippen LogP contribution in [-0.2, 0) is 18.3 Å². The fourth-order valence-electron chi connectivity index (χ4n) is 4.69. The molecule has 2 aromatic carbocycles. The summed E-state index contributed by atoms with van der Waals surface area (Å²) in [4.78, 5) is 34.0. The summed E-state index contributed by atoms with van der Waals surface area (Å²) < 4.78 is 1.60. The van der Waals surface area contributed by atoms with Crippen molar-refractivity contribution in [3.8, 4) is 0 Å². The van der Waals surface area contributed by atoms with Crippen LogP contribution in [0.25, 0.3) is 0 Å². The quantitative estimate of drug-likeness (QED) is 0.231. The maximum absolute atomic E-state index is 12.9. The Balaban J connectivity index is 1.25. The van der Waals surface area contributed by atoms with Crippen LogP contribution in [-0.4, -0.2) is 57.2 Å². The van der Waals surface area contributed by atoms with Crippen LogP contribution in [0.1, 0.15) is 49.0 Å². The summed E-state index contributed by atoms with van der Waals surface area (Å²) in [6.07, 6.45) is 3.10. The van der Waals surface area contributed by atoms with Gasteiger partial charge in [-0.05, 0) is 30.4 Å². The van der Waals surface area contributed by atoms with E-state index in [4.69, 9.17) is 0 Å². The summed E-state index contributed by atoms with van der Waals surface area (Å²) >= 11 is 1.60. The fourth-order valence-corrected chi connectivity index (χ4v) is 5.68. The first-order valence-corrected chi connectivity index (χ1v) is 13.9. The minimum atomic E-state index is -0.0135. The van der Waals surface area contributed by atoms with Crippen LogP contribution in [0, 0.1) is 0 Å². The molecule has 0 aliphatic carbocycles. The van der Waals surface area contributed by atoms with Crippen molar-refractivity contribution >= 4 is 17.7 Å². The molecule has 4 rings (SSSR count). The fraction of sp³-hybridized carbons (Fsp3) is 0.414. The molecule has 0 unspecified atom stereocenters. The maximum Gasteiger partial charge on any atom is 0.254 e. The Morgan fingerprint density at radius 3 is 2.14 bits per heavy atom. The Labute approximate surface area is 218 Å². The van der Waals surface area contributed by atoms with Gasteiger partial charge >= 0.3 is 0 Å². The molecule has 0 bridgehead atoms. The second kappa shape index (κ2) is 12.9. The van der Waals surface area contributed by atoms with Gasteiger partial charge in [-0.3, -0.25) is 19.1 Å². The standard InChI is InChI=1S/C29H36N4O2S/c1-3-25-22-27(35)31(2)29(30-25)36-21-11-10-16-26(34)32-17-19-33(20-18-32)28(23-12-6-4-7-13-23)24-14-8-5-9-15-24/h4-9,12-15,22,28H,3,10-11,16-21H2,1-2H3. The Morgan fingerprint density at radius 1 is 0.944 bits per heavy atom. The van der Waals surface area contributed by atoms with Crippen molar-refractivity contribution in [2.75, 3.05) is 31.9 Å². The molecule has 1 fully saturated rings. The SMILES string of the molecule is CCc1cc(=O)n(C)c(SCCCCC(=O)N2CCN(C(c3ccccc3)c3ccccc3)CC2)n1. The molecule has 6 nitrogen and oxygen atoms in total. The molecule has 0 radical (unpaired) electrons. The van der Waals surface area contributed by atoms with Gasteiger partial charge in [0.1, 0.15) is 0 Å². The van der Waals surface area contributed by atoms with Crippen LogP contribution in [0.2, 0.25) is 0 Å². The zero-order chi connectivity index (χ0) is 25.3. The highest BCUT2D eigenvalue weighted by atomic mass is 32.2. The number of aromatic nitrogens is 2. The van der Waals surface area contributed by atoms with Crippen LogP contribution in [0.3, 0.4) is 0 Å². The first-order valence-electron chi connectivity index (χ1n) is 12.9. The van der Waals surface area contributed by atoms with E-state index in [1.54, 1.807) is 29.4 Å². The smallest absolute Gasteiger partial charge is 0.254 e. The molecule has 0 atom stereocenters. The van der Waals surface area contributed by atoms with Crippen LogP contribution < -0.4 is 5.56 Å². The van der Waals surface area contributed by atoms with Gasteiger partial charge in [0.15, 0.2) is 5.16 Å². The maximum atomic E-state index is 12.9. The number of carbonyl (C=O) groups is 1. The molecule has 190 valence electrons. The number of unbranched alkanes of at least 4 members (excludes halogenated alkanes) is 1. The third-order valence-electron chi connectivity index (χ3n) is 6.79. The van der Waals surface area contributed by atoms with Crippen molar-refractivity contribution in [2.45, 2.75) is 43.8 Å². The lowest BCUT2D eigenvalue weighted by molar-refractivity contribution is -0.133. The van der Waals surface area contributed by atoms with E-state index in [9.17, 15) is 9.59 Å². The second-order valence-corrected chi connectivity index (χ2v) is 10.3. The number of hydrogen-bond donors (Lipinski definition) is 0. The van der Waals surface area contributed by atoms with Crippen LogP contribution in [0.5, 0.6) is 0 Å². The minimum absolute atomic E-state index is 0.0135. The summed E-state index contributed by atoms with van der Waals surface area (Å²) in [5.41, 5.74) is 3.40. The molecule has 1 aromatic heterocycles. The van der Waals surface area contributed by atoms with Gasteiger partial charge in [-0.1, -0.05) is 79.3 Å². The van der Waals surface area contributed by atoms with Crippen molar-refractivity contribution in [1.29, 1.82) is 0 Å². The summed E-state index contributed by atoms with van der Waals surface area (Å²) in [5.74, 6) is 1.10. The number of carbonyl (C=O) groups excluding carboxylic acids is 1. The Morgan fingerprint density at radius 2 is 1.56 bits per heavy atom.